The van der Waals surface area contributed by atoms with Crippen LogP contribution in [0.4, 0.5) is 4.39 Å². The van der Waals surface area contributed by atoms with Crippen LogP contribution in [-0.4, -0.2) is 53.4 Å². The highest BCUT2D eigenvalue weighted by atomic mass is 19.1. The molecule has 9 heteroatoms. The van der Waals surface area contributed by atoms with E-state index in [9.17, 15) is 18.8 Å². The summed E-state index contributed by atoms with van der Waals surface area (Å²) in [6.45, 7) is 1.86. The molecule has 3 heterocycles. The van der Waals surface area contributed by atoms with Gasteiger partial charge in [0.25, 0.3) is 5.56 Å². The van der Waals surface area contributed by atoms with Gasteiger partial charge in [0.05, 0.1) is 31.6 Å². The highest BCUT2D eigenvalue weighted by Gasteiger charge is 2.28. The van der Waals surface area contributed by atoms with E-state index in [0.29, 0.717) is 81.8 Å². The Bertz CT molecular complexity index is 1090. The van der Waals surface area contributed by atoms with Gasteiger partial charge in [0.15, 0.2) is 17.3 Å². The molecule has 8 nitrogen and oxygen atoms in total. The van der Waals surface area contributed by atoms with Gasteiger partial charge in [-0.15, -0.1) is 0 Å². The van der Waals surface area contributed by atoms with E-state index in [0.717, 1.165) is 5.69 Å². The van der Waals surface area contributed by atoms with Crippen molar-refractivity contribution in [1.82, 2.24) is 14.9 Å². The number of rotatable bonds is 7. The van der Waals surface area contributed by atoms with Crippen LogP contribution in [0.25, 0.3) is 0 Å². The second-order valence-electron chi connectivity index (χ2n) is 8.46. The fraction of sp³-hybridized carbons (Fsp3) is 0.500. The largest absolute Gasteiger partial charge is 0.494 e. The van der Waals surface area contributed by atoms with Crippen LogP contribution in [0.3, 0.4) is 0 Å². The van der Waals surface area contributed by atoms with E-state index in [2.05, 4.69) is 9.97 Å². The third-order valence-electron chi connectivity index (χ3n) is 6.34. The minimum absolute atomic E-state index is 0.0325. The normalized spacial score (nSPS) is 16.4. The van der Waals surface area contributed by atoms with Crippen LogP contribution in [0.1, 0.15) is 53.1 Å². The standard InChI is InChI=1S/C24H28FN3O5/c1-32-20-6-5-16(13-18(20)25)23(30)15-7-10-28(11-8-15)22(29)4-2-3-21-26-19-9-12-33-14-17(19)24(31)27-21/h5-6,13,15H,2-4,7-12,14H2,1H3,(H,26,27,31). The van der Waals surface area contributed by atoms with E-state index in [1.54, 1.807) is 11.0 Å². The summed E-state index contributed by atoms with van der Waals surface area (Å²) in [5, 5.41) is 0. The number of aromatic amines is 1. The van der Waals surface area contributed by atoms with Gasteiger partial charge in [0, 0.05) is 43.8 Å². The zero-order chi connectivity index (χ0) is 23.4. The molecule has 33 heavy (non-hydrogen) atoms. The molecule has 1 N–H and O–H groups in total. The summed E-state index contributed by atoms with van der Waals surface area (Å²) in [4.78, 5) is 46.6. The van der Waals surface area contributed by atoms with Gasteiger partial charge in [-0.05, 0) is 37.5 Å². The summed E-state index contributed by atoms with van der Waals surface area (Å²) in [5.41, 5.74) is 1.55. The van der Waals surface area contributed by atoms with Gasteiger partial charge in [-0.1, -0.05) is 0 Å². The molecule has 1 fully saturated rings. The van der Waals surface area contributed by atoms with E-state index < -0.39 is 5.82 Å². The molecule has 0 spiro atoms. The summed E-state index contributed by atoms with van der Waals surface area (Å²) >= 11 is 0. The Morgan fingerprint density at radius 3 is 2.82 bits per heavy atom. The molecule has 0 saturated carbocycles. The topological polar surface area (TPSA) is 102 Å². The van der Waals surface area contributed by atoms with Gasteiger partial charge >= 0.3 is 0 Å². The van der Waals surface area contributed by atoms with Crippen molar-refractivity contribution in [3.05, 3.63) is 57.0 Å². The number of carbonyl (C=O) groups excluding carboxylic acids is 2. The van der Waals surface area contributed by atoms with E-state index in [4.69, 9.17) is 9.47 Å². The Labute approximate surface area is 191 Å². The number of piperidine rings is 1. The molecule has 1 saturated heterocycles. The lowest BCUT2D eigenvalue weighted by Crippen LogP contribution is -2.40. The van der Waals surface area contributed by atoms with Crippen molar-refractivity contribution in [3.63, 3.8) is 0 Å². The van der Waals surface area contributed by atoms with Crippen LogP contribution in [-0.2, 0) is 29.0 Å². The summed E-state index contributed by atoms with van der Waals surface area (Å²) in [7, 11) is 1.38. The molecule has 1 aromatic heterocycles. The maximum absolute atomic E-state index is 13.9. The maximum atomic E-state index is 13.9. The third-order valence-corrected chi connectivity index (χ3v) is 6.34. The summed E-state index contributed by atoms with van der Waals surface area (Å²) in [6, 6.07) is 4.25. The number of aryl methyl sites for hydroxylation is 1. The Morgan fingerprint density at radius 2 is 2.09 bits per heavy atom. The minimum Gasteiger partial charge on any atom is -0.494 e. The van der Waals surface area contributed by atoms with Crippen LogP contribution in [0.15, 0.2) is 23.0 Å². The Kier molecular flexibility index (Phi) is 7.17. The average Bonchev–Trinajstić information content (AvgIpc) is 2.83. The van der Waals surface area contributed by atoms with E-state index in [1.165, 1.54) is 19.2 Å². The smallest absolute Gasteiger partial charge is 0.256 e. The predicted octanol–water partition coefficient (Wildman–Crippen LogP) is 2.43. The molecule has 2 aliphatic heterocycles. The molecule has 176 valence electrons. The molecule has 0 bridgehead atoms. The van der Waals surface area contributed by atoms with Crippen LogP contribution >= 0.6 is 0 Å². The van der Waals surface area contributed by atoms with Gasteiger partial charge in [-0.2, -0.15) is 0 Å². The number of benzene rings is 1. The lowest BCUT2D eigenvalue weighted by atomic mass is 9.88. The molecule has 0 aliphatic carbocycles. The first-order chi connectivity index (χ1) is 16.0. The summed E-state index contributed by atoms with van der Waals surface area (Å²) in [6.07, 6.45) is 3.20. The molecule has 2 aromatic rings. The number of halogens is 1. The number of likely N-dealkylation sites (tertiary alicyclic amines) is 1. The number of methoxy groups -OCH3 is 1. The van der Waals surface area contributed by atoms with Crippen molar-refractivity contribution >= 4 is 11.7 Å². The van der Waals surface area contributed by atoms with Gasteiger partial charge in [0.2, 0.25) is 5.91 Å². The molecule has 0 atom stereocenters. The Balaban J connectivity index is 1.25. The van der Waals surface area contributed by atoms with Crippen molar-refractivity contribution in [2.75, 3.05) is 26.8 Å². The van der Waals surface area contributed by atoms with Crippen molar-refractivity contribution < 1.29 is 23.5 Å². The van der Waals surface area contributed by atoms with Crippen LogP contribution in [0.5, 0.6) is 5.75 Å². The monoisotopic (exact) mass is 457 g/mol. The van der Waals surface area contributed by atoms with Crippen molar-refractivity contribution in [2.24, 2.45) is 5.92 Å². The van der Waals surface area contributed by atoms with Gasteiger partial charge in [0.1, 0.15) is 5.82 Å². The molecule has 0 radical (unpaired) electrons. The van der Waals surface area contributed by atoms with Crippen molar-refractivity contribution in [2.45, 2.75) is 45.1 Å². The molecule has 1 amide bonds. The minimum atomic E-state index is -0.556. The number of Topliss-reactive ketones (excluding diaryl/α,β-unsaturated/α-hetero) is 1. The molecule has 0 unspecified atom stereocenters. The number of nitrogens with zero attached hydrogens (tertiary/aromatic N) is 2. The number of hydrogen-bond donors (Lipinski definition) is 1. The fourth-order valence-electron chi connectivity index (χ4n) is 4.42. The number of hydrogen-bond acceptors (Lipinski definition) is 6. The second-order valence-corrected chi connectivity index (χ2v) is 8.46. The average molecular weight is 458 g/mol. The van der Waals surface area contributed by atoms with Gasteiger partial charge in [-0.3, -0.25) is 14.4 Å². The van der Waals surface area contributed by atoms with Crippen molar-refractivity contribution in [3.8, 4) is 5.75 Å². The second kappa shape index (κ2) is 10.2. The number of aromatic nitrogens is 2. The van der Waals surface area contributed by atoms with E-state index in [-0.39, 0.29) is 28.9 Å². The lowest BCUT2D eigenvalue weighted by molar-refractivity contribution is -0.132. The number of carbonyl (C=O) groups is 2. The molecular weight excluding hydrogens is 429 g/mol. The Morgan fingerprint density at radius 1 is 1.30 bits per heavy atom. The first-order valence-corrected chi connectivity index (χ1v) is 11.3. The first kappa shape index (κ1) is 23.1. The number of ketones is 1. The zero-order valence-corrected chi connectivity index (χ0v) is 18.7. The SMILES string of the molecule is COc1ccc(C(=O)C2CCN(C(=O)CCCc3nc4c(c(=O)[nH]3)COCC4)CC2)cc1F. The quantitative estimate of drug-likeness (QED) is 0.641. The van der Waals surface area contributed by atoms with E-state index in [1.807, 2.05) is 0 Å². The molecule has 2 aliphatic rings. The van der Waals surface area contributed by atoms with Gasteiger partial charge < -0.3 is 19.4 Å². The van der Waals surface area contributed by atoms with Crippen LogP contribution in [0.2, 0.25) is 0 Å². The third kappa shape index (κ3) is 5.30. The van der Waals surface area contributed by atoms with Crippen LogP contribution in [0, 0.1) is 11.7 Å². The van der Waals surface area contributed by atoms with Crippen molar-refractivity contribution in [1.29, 1.82) is 0 Å². The van der Waals surface area contributed by atoms with E-state index >= 15 is 0 Å². The van der Waals surface area contributed by atoms with Crippen LogP contribution < -0.4 is 10.3 Å². The zero-order valence-electron chi connectivity index (χ0n) is 18.7. The maximum Gasteiger partial charge on any atom is 0.256 e. The highest BCUT2D eigenvalue weighted by molar-refractivity contribution is 5.98. The summed E-state index contributed by atoms with van der Waals surface area (Å²) < 4.78 is 24.1. The fourth-order valence-corrected chi connectivity index (χ4v) is 4.42. The van der Waals surface area contributed by atoms with Gasteiger partial charge in [-0.25, -0.2) is 9.37 Å². The first-order valence-electron chi connectivity index (χ1n) is 11.3. The predicted molar refractivity (Wildman–Crippen MR) is 118 cm³/mol. The number of nitrogens with one attached hydrogen (secondary N) is 1. The summed E-state index contributed by atoms with van der Waals surface area (Å²) in [5.74, 6) is -0.142. The molecular formula is C24H28FN3O5. The highest BCUT2D eigenvalue weighted by Crippen LogP contribution is 2.25. The number of ether oxygens (including phenoxy) is 2. The molecule has 1 aromatic carbocycles. The lowest BCUT2D eigenvalue weighted by Gasteiger charge is -2.31. The number of H-pyrrole nitrogens is 1. The Hall–Kier alpha value is -3.07. The number of amides is 1. The molecule has 4 rings (SSSR count). The number of fused-ring (bicyclic) bond motifs is 1.